The van der Waals surface area contributed by atoms with E-state index in [0.29, 0.717) is 0 Å². The summed E-state index contributed by atoms with van der Waals surface area (Å²) in [6.45, 7) is 4.37. The van der Waals surface area contributed by atoms with E-state index in [0.717, 1.165) is 19.3 Å². The molecule has 0 bridgehead atoms. The van der Waals surface area contributed by atoms with Gasteiger partial charge in [-0.25, -0.2) is 0 Å². The molecule has 0 rings (SSSR count). The van der Waals surface area contributed by atoms with Crippen molar-refractivity contribution in [3.8, 4) is 0 Å². The molecule has 0 amide bonds. The molecule has 0 saturated heterocycles. The van der Waals surface area contributed by atoms with Gasteiger partial charge in [0.25, 0.3) is 0 Å². The summed E-state index contributed by atoms with van der Waals surface area (Å²) in [7, 11) is 0. The molecule has 2 nitrogen and oxygen atoms in total. The van der Waals surface area contributed by atoms with Gasteiger partial charge in [0.2, 0.25) is 0 Å². The summed E-state index contributed by atoms with van der Waals surface area (Å²) < 4.78 is 0. The molecule has 0 saturated carbocycles. The van der Waals surface area contributed by atoms with E-state index in [1.807, 2.05) is 0 Å². The third kappa shape index (κ3) is 11.5. The molecule has 0 aliphatic rings. The van der Waals surface area contributed by atoms with Crippen LogP contribution in [0.5, 0.6) is 0 Å². The van der Waals surface area contributed by atoms with Crippen molar-refractivity contribution in [2.75, 3.05) is 0 Å². The molecule has 2 heteroatoms. The maximum Gasteiger partial charge on any atom is 0.303 e. The van der Waals surface area contributed by atoms with Gasteiger partial charge in [-0.05, 0) is 25.2 Å². The SMILES string of the molecule is CCCCC/C=C\C(CCCCC)CC(=O)O. The topological polar surface area (TPSA) is 37.3 Å². The van der Waals surface area contributed by atoms with Crippen LogP contribution in [0.1, 0.15) is 71.6 Å². The van der Waals surface area contributed by atoms with Crippen LogP contribution in [0.3, 0.4) is 0 Å². The Kier molecular flexibility index (Phi) is 11.1. The minimum atomic E-state index is -0.676. The fraction of sp³-hybridized carbons (Fsp3) is 0.800. The van der Waals surface area contributed by atoms with Gasteiger partial charge in [-0.15, -0.1) is 0 Å². The fourth-order valence-corrected chi connectivity index (χ4v) is 1.95. The van der Waals surface area contributed by atoms with Gasteiger partial charge in [0, 0.05) is 0 Å². The molecular weight excluding hydrogens is 212 g/mol. The Labute approximate surface area is 106 Å². The van der Waals surface area contributed by atoms with E-state index in [-0.39, 0.29) is 12.3 Å². The van der Waals surface area contributed by atoms with Gasteiger partial charge >= 0.3 is 5.97 Å². The molecule has 0 aromatic heterocycles. The van der Waals surface area contributed by atoms with Crippen LogP contribution in [-0.4, -0.2) is 11.1 Å². The quantitative estimate of drug-likeness (QED) is 0.416. The normalized spacial score (nSPS) is 13.1. The number of hydrogen-bond donors (Lipinski definition) is 1. The van der Waals surface area contributed by atoms with E-state index < -0.39 is 5.97 Å². The summed E-state index contributed by atoms with van der Waals surface area (Å²) in [6.07, 6.45) is 14.0. The van der Waals surface area contributed by atoms with E-state index in [9.17, 15) is 4.79 Å². The fourth-order valence-electron chi connectivity index (χ4n) is 1.95. The molecule has 0 fully saturated rings. The van der Waals surface area contributed by atoms with E-state index in [1.165, 1.54) is 32.1 Å². The summed E-state index contributed by atoms with van der Waals surface area (Å²) in [4.78, 5) is 10.7. The van der Waals surface area contributed by atoms with Crippen LogP contribution in [0, 0.1) is 5.92 Å². The molecule has 100 valence electrons. The molecule has 0 aromatic rings. The summed E-state index contributed by atoms with van der Waals surface area (Å²) in [5.41, 5.74) is 0. The highest BCUT2D eigenvalue weighted by Gasteiger charge is 2.09. The lowest BCUT2D eigenvalue weighted by Gasteiger charge is -2.09. The van der Waals surface area contributed by atoms with Crippen LogP contribution >= 0.6 is 0 Å². The molecule has 1 atom stereocenters. The number of unbranched alkanes of at least 4 members (excludes halogenated alkanes) is 5. The largest absolute Gasteiger partial charge is 0.481 e. The van der Waals surface area contributed by atoms with Crippen molar-refractivity contribution in [1.82, 2.24) is 0 Å². The highest BCUT2D eigenvalue weighted by Crippen LogP contribution is 2.16. The Bertz CT molecular complexity index is 209. The van der Waals surface area contributed by atoms with E-state index in [4.69, 9.17) is 5.11 Å². The van der Waals surface area contributed by atoms with Crippen LogP contribution in [0.25, 0.3) is 0 Å². The number of carbonyl (C=O) groups is 1. The highest BCUT2D eigenvalue weighted by molar-refractivity contribution is 5.67. The summed E-state index contributed by atoms with van der Waals surface area (Å²) in [6, 6.07) is 0. The average Bonchev–Trinajstić information content (AvgIpc) is 2.28. The number of allylic oxidation sites excluding steroid dienone is 2. The van der Waals surface area contributed by atoms with Crippen LogP contribution in [0.15, 0.2) is 12.2 Å². The van der Waals surface area contributed by atoms with Crippen molar-refractivity contribution in [2.24, 2.45) is 5.92 Å². The molecule has 0 spiro atoms. The van der Waals surface area contributed by atoms with E-state index in [1.54, 1.807) is 0 Å². The second-order valence-electron chi connectivity index (χ2n) is 4.78. The monoisotopic (exact) mass is 240 g/mol. The van der Waals surface area contributed by atoms with Gasteiger partial charge in [-0.1, -0.05) is 58.1 Å². The first-order valence-electron chi connectivity index (χ1n) is 7.09. The van der Waals surface area contributed by atoms with Gasteiger partial charge in [-0.2, -0.15) is 0 Å². The molecule has 1 unspecified atom stereocenters. The summed E-state index contributed by atoms with van der Waals surface area (Å²) in [5, 5.41) is 8.85. The molecular formula is C15H28O2. The Morgan fingerprint density at radius 3 is 2.35 bits per heavy atom. The zero-order chi connectivity index (χ0) is 12.9. The van der Waals surface area contributed by atoms with E-state index >= 15 is 0 Å². The lowest BCUT2D eigenvalue weighted by molar-refractivity contribution is -0.137. The molecule has 0 aliphatic heterocycles. The summed E-state index contributed by atoms with van der Waals surface area (Å²) >= 11 is 0. The first-order chi connectivity index (χ1) is 8.20. The van der Waals surface area contributed by atoms with Crippen LogP contribution in [0.2, 0.25) is 0 Å². The predicted molar refractivity (Wildman–Crippen MR) is 73.2 cm³/mol. The molecule has 0 heterocycles. The van der Waals surface area contributed by atoms with Crippen LogP contribution in [-0.2, 0) is 4.79 Å². The van der Waals surface area contributed by atoms with Crippen molar-refractivity contribution < 1.29 is 9.90 Å². The van der Waals surface area contributed by atoms with Gasteiger partial charge in [0.1, 0.15) is 0 Å². The minimum absolute atomic E-state index is 0.237. The smallest absolute Gasteiger partial charge is 0.303 e. The highest BCUT2D eigenvalue weighted by atomic mass is 16.4. The molecule has 0 aliphatic carbocycles. The third-order valence-corrected chi connectivity index (χ3v) is 3.00. The average molecular weight is 240 g/mol. The van der Waals surface area contributed by atoms with Crippen molar-refractivity contribution in [1.29, 1.82) is 0 Å². The van der Waals surface area contributed by atoms with E-state index in [2.05, 4.69) is 26.0 Å². The Morgan fingerprint density at radius 2 is 1.76 bits per heavy atom. The zero-order valence-corrected chi connectivity index (χ0v) is 11.5. The van der Waals surface area contributed by atoms with Crippen molar-refractivity contribution in [3.63, 3.8) is 0 Å². The molecule has 0 radical (unpaired) electrons. The molecule has 1 N–H and O–H groups in total. The van der Waals surface area contributed by atoms with Gasteiger partial charge < -0.3 is 5.11 Å². The lowest BCUT2D eigenvalue weighted by Crippen LogP contribution is -2.05. The van der Waals surface area contributed by atoms with Crippen LogP contribution < -0.4 is 0 Å². The lowest BCUT2D eigenvalue weighted by atomic mass is 9.97. The van der Waals surface area contributed by atoms with Crippen LogP contribution in [0.4, 0.5) is 0 Å². The number of carboxylic acid groups (broad SMARTS) is 1. The zero-order valence-electron chi connectivity index (χ0n) is 11.5. The van der Waals surface area contributed by atoms with Gasteiger partial charge in [0.05, 0.1) is 6.42 Å². The number of aliphatic carboxylic acids is 1. The number of rotatable bonds is 11. The number of hydrogen-bond acceptors (Lipinski definition) is 1. The molecule has 0 aromatic carbocycles. The first kappa shape index (κ1) is 16.2. The minimum Gasteiger partial charge on any atom is -0.481 e. The maximum absolute atomic E-state index is 10.7. The van der Waals surface area contributed by atoms with Crippen molar-refractivity contribution in [2.45, 2.75) is 71.6 Å². The second-order valence-corrected chi connectivity index (χ2v) is 4.78. The standard InChI is InChI=1S/C15H28O2/c1-3-5-7-8-10-12-14(13-15(16)17)11-9-6-4-2/h10,12,14H,3-9,11,13H2,1-2H3,(H,16,17)/b12-10-. The van der Waals surface area contributed by atoms with Gasteiger partial charge in [0.15, 0.2) is 0 Å². The molecule has 17 heavy (non-hydrogen) atoms. The Balaban J connectivity index is 3.86. The van der Waals surface area contributed by atoms with Gasteiger partial charge in [-0.3, -0.25) is 4.79 Å². The third-order valence-electron chi connectivity index (χ3n) is 3.00. The van der Waals surface area contributed by atoms with Crippen molar-refractivity contribution in [3.05, 3.63) is 12.2 Å². The maximum atomic E-state index is 10.7. The summed E-state index contributed by atoms with van der Waals surface area (Å²) in [5.74, 6) is -0.439. The van der Waals surface area contributed by atoms with Crippen molar-refractivity contribution >= 4 is 5.97 Å². The Hall–Kier alpha value is -0.790. The Morgan fingerprint density at radius 1 is 1.12 bits per heavy atom. The predicted octanol–water partition coefficient (Wildman–Crippen LogP) is 4.79. The first-order valence-corrected chi connectivity index (χ1v) is 7.09. The second kappa shape index (κ2) is 11.7. The number of carboxylic acids is 1.